The molecule has 0 fully saturated rings. The van der Waals surface area contributed by atoms with Gasteiger partial charge < -0.3 is 5.32 Å². The molecule has 4 aromatic carbocycles. The average molecular weight is 684 g/mol. The van der Waals surface area contributed by atoms with E-state index in [0.29, 0.717) is 27.3 Å². The highest BCUT2D eigenvalue weighted by molar-refractivity contribution is 8.01. The standard InChI is InChI=1S/C35H30ClN5O2S3/c1-35(2,3)24-13-9-23(10-14-24)32-39-40-33(41(32)27-7-5-4-6-8-27)44-21-31(43)37-26-17-18-28-30(19-26)46-34(38-28)45-20-29(42)22-11-15-25(36)16-12-22/h4-19H,20-21H2,1-3H3,(H,37,43). The normalized spacial score (nSPS) is 11.6. The summed E-state index contributed by atoms with van der Waals surface area (Å²) < 4.78 is 3.71. The summed E-state index contributed by atoms with van der Waals surface area (Å²) in [6.07, 6.45) is 0. The van der Waals surface area contributed by atoms with E-state index in [1.165, 1.54) is 40.4 Å². The number of benzene rings is 4. The second-order valence-corrected chi connectivity index (χ2v) is 15.2. The number of halogens is 1. The summed E-state index contributed by atoms with van der Waals surface area (Å²) in [5, 5.41) is 13.2. The van der Waals surface area contributed by atoms with Gasteiger partial charge in [0.1, 0.15) is 0 Å². The van der Waals surface area contributed by atoms with Crippen LogP contribution in [0.1, 0.15) is 36.7 Å². The molecule has 6 aromatic rings. The quantitative estimate of drug-likeness (QED) is 0.114. The van der Waals surface area contributed by atoms with Crippen molar-refractivity contribution in [2.24, 2.45) is 0 Å². The van der Waals surface area contributed by atoms with Gasteiger partial charge in [0.25, 0.3) is 0 Å². The number of aromatic nitrogens is 4. The number of amides is 1. The number of para-hydroxylation sites is 1. The largest absolute Gasteiger partial charge is 0.325 e. The number of carbonyl (C=O) groups is 2. The summed E-state index contributed by atoms with van der Waals surface area (Å²) in [4.78, 5) is 30.3. The lowest BCUT2D eigenvalue weighted by atomic mass is 9.87. The first-order chi connectivity index (χ1) is 22.1. The zero-order valence-electron chi connectivity index (χ0n) is 25.4. The topological polar surface area (TPSA) is 89.8 Å². The van der Waals surface area contributed by atoms with E-state index in [1.807, 2.05) is 53.1 Å². The van der Waals surface area contributed by atoms with Crippen molar-refractivity contribution >= 4 is 74.1 Å². The molecule has 6 rings (SSSR count). The molecule has 11 heteroatoms. The first-order valence-electron chi connectivity index (χ1n) is 14.5. The van der Waals surface area contributed by atoms with E-state index in [4.69, 9.17) is 11.6 Å². The zero-order valence-corrected chi connectivity index (χ0v) is 28.6. The fourth-order valence-corrected chi connectivity index (χ4v) is 7.58. The summed E-state index contributed by atoms with van der Waals surface area (Å²) in [6.45, 7) is 6.57. The molecule has 0 atom stereocenters. The molecule has 1 N–H and O–H groups in total. The number of Topliss-reactive ketones (excluding diaryl/α,β-unsaturated/α-hetero) is 1. The maximum absolute atomic E-state index is 13.1. The minimum Gasteiger partial charge on any atom is -0.325 e. The fraction of sp³-hybridized carbons (Fsp3) is 0.171. The van der Waals surface area contributed by atoms with Gasteiger partial charge in [-0.2, -0.15) is 0 Å². The maximum Gasteiger partial charge on any atom is 0.234 e. The van der Waals surface area contributed by atoms with Gasteiger partial charge in [-0.25, -0.2) is 4.98 Å². The van der Waals surface area contributed by atoms with Crippen molar-refractivity contribution in [3.63, 3.8) is 0 Å². The molecule has 7 nitrogen and oxygen atoms in total. The second kappa shape index (κ2) is 13.8. The van der Waals surface area contributed by atoms with Gasteiger partial charge in [-0.15, -0.1) is 21.5 Å². The lowest BCUT2D eigenvalue weighted by molar-refractivity contribution is -0.113. The Hall–Kier alpha value is -3.96. The van der Waals surface area contributed by atoms with Gasteiger partial charge in [-0.05, 0) is 65.6 Å². The number of ketones is 1. The summed E-state index contributed by atoms with van der Waals surface area (Å²) in [6, 6.07) is 30.8. The third-order valence-corrected chi connectivity index (χ3v) is 10.5. The maximum atomic E-state index is 13.1. The molecule has 0 aliphatic heterocycles. The van der Waals surface area contributed by atoms with Gasteiger partial charge in [-0.1, -0.05) is 98.4 Å². The molecule has 2 heterocycles. The van der Waals surface area contributed by atoms with E-state index < -0.39 is 0 Å². The van der Waals surface area contributed by atoms with Crippen LogP contribution in [0, 0.1) is 0 Å². The molecule has 0 saturated heterocycles. The summed E-state index contributed by atoms with van der Waals surface area (Å²) in [7, 11) is 0. The van der Waals surface area contributed by atoms with Crippen molar-refractivity contribution in [2.75, 3.05) is 16.8 Å². The Bertz CT molecular complexity index is 2000. The number of thiazole rings is 1. The minimum absolute atomic E-state index is 0.0139. The number of carbonyl (C=O) groups excluding carboxylic acids is 2. The molecule has 0 saturated carbocycles. The Morgan fingerprint density at radius 2 is 1.61 bits per heavy atom. The van der Waals surface area contributed by atoms with Gasteiger partial charge in [0, 0.05) is 27.5 Å². The number of fused-ring (bicyclic) bond motifs is 1. The van der Waals surface area contributed by atoms with Crippen molar-refractivity contribution in [3.05, 3.63) is 113 Å². The molecular formula is C35H30ClN5O2S3. The molecule has 0 aliphatic carbocycles. The molecular weight excluding hydrogens is 654 g/mol. The minimum atomic E-state index is -0.157. The van der Waals surface area contributed by atoms with Crippen molar-refractivity contribution in [2.45, 2.75) is 35.7 Å². The zero-order chi connectivity index (χ0) is 32.3. The number of rotatable bonds is 10. The number of nitrogens with zero attached hydrogens (tertiary/aromatic N) is 4. The van der Waals surface area contributed by atoms with Crippen molar-refractivity contribution < 1.29 is 9.59 Å². The number of nitrogens with one attached hydrogen (secondary N) is 1. The third kappa shape index (κ3) is 7.53. The monoisotopic (exact) mass is 683 g/mol. The van der Waals surface area contributed by atoms with Crippen LogP contribution in [0.15, 0.2) is 107 Å². The predicted octanol–water partition coefficient (Wildman–Crippen LogP) is 9.20. The lowest BCUT2D eigenvalue weighted by Crippen LogP contribution is -2.14. The summed E-state index contributed by atoms with van der Waals surface area (Å²) >= 11 is 10.2. The van der Waals surface area contributed by atoms with Gasteiger partial charge in [0.05, 0.1) is 21.7 Å². The highest BCUT2D eigenvalue weighted by Gasteiger charge is 2.19. The van der Waals surface area contributed by atoms with Crippen LogP contribution < -0.4 is 5.32 Å². The Balaban J connectivity index is 1.12. The van der Waals surface area contributed by atoms with E-state index in [1.54, 1.807) is 24.3 Å². The van der Waals surface area contributed by atoms with Crippen LogP contribution >= 0.6 is 46.5 Å². The summed E-state index contributed by atoms with van der Waals surface area (Å²) in [5.41, 5.74) is 5.27. The van der Waals surface area contributed by atoms with Crippen LogP contribution in [0.3, 0.4) is 0 Å². The van der Waals surface area contributed by atoms with Gasteiger partial charge >= 0.3 is 0 Å². The van der Waals surface area contributed by atoms with Crippen LogP contribution in [-0.4, -0.2) is 42.9 Å². The van der Waals surface area contributed by atoms with E-state index >= 15 is 0 Å². The van der Waals surface area contributed by atoms with Crippen molar-refractivity contribution in [3.8, 4) is 17.1 Å². The van der Waals surface area contributed by atoms with E-state index in [9.17, 15) is 9.59 Å². The molecule has 0 aliphatic rings. The van der Waals surface area contributed by atoms with E-state index in [-0.39, 0.29) is 28.6 Å². The average Bonchev–Trinajstić information content (AvgIpc) is 3.67. The molecule has 232 valence electrons. The Morgan fingerprint density at radius 1 is 0.870 bits per heavy atom. The first-order valence-corrected chi connectivity index (χ1v) is 17.7. The number of hydrogen-bond acceptors (Lipinski definition) is 8. The number of anilines is 1. The smallest absolute Gasteiger partial charge is 0.234 e. The Kier molecular flexibility index (Phi) is 9.60. The van der Waals surface area contributed by atoms with Crippen LogP contribution in [-0.2, 0) is 10.2 Å². The fourth-order valence-electron chi connectivity index (χ4n) is 4.70. The highest BCUT2D eigenvalue weighted by atomic mass is 35.5. The molecule has 0 bridgehead atoms. The van der Waals surface area contributed by atoms with Gasteiger partial charge in [0.2, 0.25) is 5.91 Å². The molecule has 2 aromatic heterocycles. The van der Waals surface area contributed by atoms with Gasteiger partial charge in [-0.3, -0.25) is 14.2 Å². The molecule has 0 spiro atoms. The number of hydrogen-bond donors (Lipinski definition) is 1. The lowest BCUT2D eigenvalue weighted by Gasteiger charge is -2.19. The van der Waals surface area contributed by atoms with Crippen molar-refractivity contribution in [1.82, 2.24) is 19.7 Å². The predicted molar refractivity (Wildman–Crippen MR) is 191 cm³/mol. The summed E-state index contributed by atoms with van der Waals surface area (Å²) in [5.74, 6) is 1.01. The van der Waals surface area contributed by atoms with E-state index in [0.717, 1.165) is 25.8 Å². The van der Waals surface area contributed by atoms with Crippen LogP contribution in [0.2, 0.25) is 5.02 Å². The van der Waals surface area contributed by atoms with Crippen LogP contribution in [0.4, 0.5) is 5.69 Å². The Labute approximate surface area is 284 Å². The molecule has 0 unspecified atom stereocenters. The van der Waals surface area contributed by atoms with Crippen LogP contribution in [0.5, 0.6) is 0 Å². The molecule has 0 radical (unpaired) electrons. The molecule has 46 heavy (non-hydrogen) atoms. The third-order valence-electron chi connectivity index (χ3n) is 7.13. The number of thioether (sulfide) groups is 2. The second-order valence-electron chi connectivity index (χ2n) is 11.5. The van der Waals surface area contributed by atoms with E-state index in [2.05, 4.69) is 65.5 Å². The molecule has 1 amide bonds. The Morgan fingerprint density at radius 3 is 2.33 bits per heavy atom. The van der Waals surface area contributed by atoms with Crippen LogP contribution in [0.25, 0.3) is 27.3 Å². The first kappa shape index (κ1) is 32.0. The van der Waals surface area contributed by atoms with Crippen molar-refractivity contribution in [1.29, 1.82) is 0 Å². The highest BCUT2D eigenvalue weighted by Crippen LogP contribution is 2.33. The SMILES string of the molecule is CC(C)(C)c1ccc(-c2nnc(SCC(=O)Nc3ccc4nc(SCC(=O)c5ccc(Cl)cc5)sc4c3)n2-c2ccccc2)cc1. The van der Waals surface area contributed by atoms with Gasteiger partial charge in [0.15, 0.2) is 21.1 Å².